The summed E-state index contributed by atoms with van der Waals surface area (Å²) in [5.41, 5.74) is 1.34. The SMILES string of the molecule is CC(C)CNc1cnnc(Nc2cccc(C#N)c2)n1. The van der Waals surface area contributed by atoms with E-state index >= 15 is 0 Å². The number of hydrogen-bond donors (Lipinski definition) is 2. The molecule has 0 aliphatic heterocycles. The van der Waals surface area contributed by atoms with Gasteiger partial charge in [-0.15, -0.1) is 5.10 Å². The summed E-state index contributed by atoms with van der Waals surface area (Å²) in [5, 5.41) is 22.9. The van der Waals surface area contributed by atoms with Gasteiger partial charge in [0.05, 0.1) is 17.8 Å². The predicted octanol–water partition coefficient (Wildman–Crippen LogP) is 2.55. The standard InChI is InChI=1S/C14H16N6/c1-10(2)8-16-13-9-17-20-14(19-13)18-12-5-3-4-11(6-12)7-15/h3-6,9-10H,8H2,1-2H3,(H2,16,18,19,20). The number of rotatable bonds is 5. The van der Waals surface area contributed by atoms with Crippen LogP contribution >= 0.6 is 0 Å². The fourth-order valence-electron chi connectivity index (χ4n) is 1.55. The van der Waals surface area contributed by atoms with Crippen molar-refractivity contribution in [3.63, 3.8) is 0 Å². The molecule has 0 amide bonds. The van der Waals surface area contributed by atoms with Gasteiger partial charge in [0.15, 0.2) is 5.82 Å². The minimum Gasteiger partial charge on any atom is -0.368 e. The molecule has 0 aliphatic rings. The van der Waals surface area contributed by atoms with Crippen molar-refractivity contribution in [3.05, 3.63) is 36.0 Å². The molecule has 6 nitrogen and oxygen atoms in total. The van der Waals surface area contributed by atoms with E-state index in [1.807, 2.05) is 6.07 Å². The molecule has 0 bridgehead atoms. The van der Waals surface area contributed by atoms with E-state index in [0.717, 1.165) is 12.2 Å². The topological polar surface area (TPSA) is 86.5 Å². The van der Waals surface area contributed by atoms with Gasteiger partial charge in [0.2, 0.25) is 5.95 Å². The Morgan fingerprint density at radius 3 is 2.95 bits per heavy atom. The molecule has 0 spiro atoms. The highest BCUT2D eigenvalue weighted by atomic mass is 15.3. The van der Waals surface area contributed by atoms with Gasteiger partial charge in [-0.25, -0.2) is 0 Å². The smallest absolute Gasteiger partial charge is 0.249 e. The van der Waals surface area contributed by atoms with Gasteiger partial charge < -0.3 is 10.6 Å². The molecule has 2 aromatic rings. The van der Waals surface area contributed by atoms with Crippen molar-refractivity contribution >= 4 is 17.5 Å². The van der Waals surface area contributed by atoms with Gasteiger partial charge in [0, 0.05) is 12.2 Å². The molecule has 0 saturated heterocycles. The van der Waals surface area contributed by atoms with E-state index in [4.69, 9.17) is 5.26 Å². The normalized spacial score (nSPS) is 10.1. The van der Waals surface area contributed by atoms with Crippen LogP contribution in [-0.4, -0.2) is 21.7 Å². The summed E-state index contributed by atoms with van der Waals surface area (Å²) in [5.74, 6) is 1.59. The molecular formula is C14H16N6. The van der Waals surface area contributed by atoms with E-state index in [2.05, 4.69) is 45.7 Å². The van der Waals surface area contributed by atoms with E-state index < -0.39 is 0 Å². The van der Waals surface area contributed by atoms with E-state index in [9.17, 15) is 0 Å². The van der Waals surface area contributed by atoms with Gasteiger partial charge in [-0.1, -0.05) is 19.9 Å². The van der Waals surface area contributed by atoms with Crippen LogP contribution in [0.5, 0.6) is 0 Å². The van der Waals surface area contributed by atoms with Crippen LogP contribution < -0.4 is 10.6 Å². The Labute approximate surface area is 117 Å². The van der Waals surface area contributed by atoms with E-state index in [1.54, 1.807) is 24.4 Å². The average Bonchev–Trinajstić information content (AvgIpc) is 2.46. The van der Waals surface area contributed by atoms with Crippen molar-refractivity contribution in [2.75, 3.05) is 17.2 Å². The second kappa shape index (κ2) is 6.48. The Morgan fingerprint density at radius 2 is 2.20 bits per heavy atom. The van der Waals surface area contributed by atoms with Crippen LogP contribution in [0.4, 0.5) is 17.5 Å². The zero-order valence-corrected chi connectivity index (χ0v) is 11.5. The van der Waals surface area contributed by atoms with Crippen LogP contribution in [0.1, 0.15) is 19.4 Å². The lowest BCUT2D eigenvalue weighted by atomic mass is 10.2. The van der Waals surface area contributed by atoms with Gasteiger partial charge >= 0.3 is 0 Å². The maximum atomic E-state index is 8.86. The molecule has 102 valence electrons. The summed E-state index contributed by atoms with van der Waals surface area (Å²) in [4.78, 5) is 4.32. The van der Waals surface area contributed by atoms with Gasteiger partial charge in [-0.05, 0) is 24.1 Å². The molecule has 0 unspecified atom stereocenters. The number of nitriles is 1. The highest BCUT2D eigenvalue weighted by Crippen LogP contribution is 2.14. The lowest BCUT2D eigenvalue weighted by molar-refractivity contribution is 0.686. The summed E-state index contributed by atoms with van der Waals surface area (Å²) in [6.07, 6.45) is 1.58. The van der Waals surface area contributed by atoms with Crippen molar-refractivity contribution in [3.8, 4) is 6.07 Å². The number of anilines is 3. The number of nitrogens with zero attached hydrogens (tertiary/aromatic N) is 4. The fraction of sp³-hybridized carbons (Fsp3) is 0.286. The predicted molar refractivity (Wildman–Crippen MR) is 77.6 cm³/mol. The Bertz CT molecular complexity index is 617. The summed E-state index contributed by atoms with van der Waals surface area (Å²) in [7, 11) is 0. The number of hydrogen-bond acceptors (Lipinski definition) is 6. The van der Waals surface area contributed by atoms with E-state index in [1.165, 1.54) is 0 Å². The maximum absolute atomic E-state index is 8.86. The second-order valence-electron chi connectivity index (χ2n) is 4.76. The largest absolute Gasteiger partial charge is 0.368 e. The first-order valence-corrected chi connectivity index (χ1v) is 6.38. The van der Waals surface area contributed by atoms with Gasteiger partial charge in [0.25, 0.3) is 0 Å². The van der Waals surface area contributed by atoms with Crippen molar-refractivity contribution < 1.29 is 0 Å². The molecule has 20 heavy (non-hydrogen) atoms. The van der Waals surface area contributed by atoms with Crippen molar-refractivity contribution in [1.82, 2.24) is 15.2 Å². The van der Waals surface area contributed by atoms with Crippen LogP contribution in [0.15, 0.2) is 30.5 Å². The molecule has 0 radical (unpaired) electrons. The highest BCUT2D eigenvalue weighted by molar-refractivity contribution is 5.56. The number of nitrogens with one attached hydrogen (secondary N) is 2. The Balaban J connectivity index is 2.09. The van der Waals surface area contributed by atoms with Crippen LogP contribution in [-0.2, 0) is 0 Å². The van der Waals surface area contributed by atoms with Crippen LogP contribution in [0.25, 0.3) is 0 Å². The maximum Gasteiger partial charge on any atom is 0.249 e. The first-order valence-electron chi connectivity index (χ1n) is 6.38. The zero-order chi connectivity index (χ0) is 14.4. The number of aromatic nitrogens is 3. The number of benzene rings is 1. The summed E-state index contributed by atoms with van der Waals surface area (Å²) in [6.45, 7) is 5.06. The van der Waals surface area contributed by atoms with Gasteiger partial charge in [0.1, 0.15) is 0 Å². The monoisotopic (exact) mass is 268 g/mol. The molecule has 6 heteroatoms. The lowest BCUT2D eigenvalue weighted by Gasteiger charge is -2.09. The molecule has 0 atom stereocenters. The second-order valence-corrected chi connectivity index (χ2v) is 4.76. The molecule has 1 aromatic heterocycles. The molecule has 0 saturated carbocycles. The minimum atomic E-state index is 0.397. The van der Waals surface area contributed by atoms with Crippen molar-refractivity contribution in [2.24, 2.45) is 5.92 Å². The molecule has 0 fully saturated rings. The Kier molecular flexibility index (Phi) is 4.45. The van der Waals surface area contributed by atoms with E-state index in [0.29, 0.717) is 23.2 Å². The van der Waals surface area contributed by atoms with Crippen LogP contribution in [0, 0.1) is 17.2 Å². The van der Waals surface area contributed by atoms with Crippen LogP contribution in [0.2, 0.25) is 0 Å². The molecular weight excluding hydrogens is 252 g/mol. The lowest BCUT2D eigenvalue weighted by Crippen LogP contribution is -2.10. The summed E-state index contributed by atoms with van der Waals surface area (Å²) in [6, 6.07) is 9.21. The van der Waals surface area contributed by atoms with Crippen LogP contribution in [0.3, 0.4) is 0 Å². The molecule has 0 aliphatic carbocycles. The van der Waals surface area contributed by atoms with Crippen molar-refractivity contribution in [1.29, 1.82) is 5.26 Å². The van der Waals surface area contributed by atoms with Crippen molar-refractivity contribution in [2.45, 2.75) is 13.8 Å². The Hall–Kier alpha value is -2.68. The third-order valence-corrected chi connectivity index (χ3v) is 2.50. The summed E-state index contributed by atoms with van der Waals surface area (Å²) >= 11 is 0. The molecule has 1 aromatic carbocycles. The zero-order valence-electron chi connectivity index (χ0n) is 11.5. The first kappa shape index (κ1) is 13.7. The van der Waals surface area contributed by atoms with Gasteiger partial charge in [-0.3, -0.25) is 0 Å². The third-order valence-electron chi connectivity index (χ3n) is 2.50. The third kappa shape index (κ3) is 3.92. The highest BCUT2D eigenvalue weighted by Gasteiger charge is 2.02. The first-order chi connectivity index (χ1) is 9.67. The van der Waals surface area contributed by atoms with Gasteiger partial charge in [-0.2, -0.15) is 15.3 Å². The minimum absolute atomic E-state index is 0.397. The van der Waals surface area contributed by atoms with E-state index in [-0.39, 0.29) is 0 Å². The summed E-state index contributed by atoms with van der Waals surface area (Å²) < 4.78 is 0. The quantitative estimate of drug-likeness (QED) is 0.866. The fourth-order valence-corrected chi connectivity index (χ4v) is 1.55. The Morgan fingerprint density at radius 1 is 1.35 bits per heavy atom. The average molecular weight is 268 g/mol. The molecule has 2 rings (SSSR count). The molecule has 1 heterocycles. The molecule has 2 N–H and O–H groups in total.